The summed E-state index contributed by atoms with van der Waals surface area (Å²) in [5.74, 6) is 0.318. The second-order valence-corrected chi connectivity index (χ2v) is 3.33. The Balaban J connectivity index is 2.63. The van der Waals surface area contributed by atoms with Gasteiger partial charge in [-0.1, -0.05) is 0 Å². The van der Waals surface area contributed by atoms with Crippen LogP contribution in [0.25, 0.3) is 5.78 Å². The first-order chi connectivity index (χ1) is 7.08. The molecule has 2 rings (SSSR count). The number of hydrogen-bond donors (Lipinski definition) is 2. The Kier molecular flexibility index (Phi) is 2.16. The summed E-state index contributed by atoms with van der Waals surface area (Å²) in [6.07, 6.45) is 2.67. The molecule has 7 heteroatoms. The molecule has 0 bridgehead atoms. The summed E-state index contributed by atoms with van der Waals surface area (Å²) in [6, 6.07) is 0. The number of nitrogens with two attached hydrogens (primary N) is 1. The molecule has 0 radical (unpaired) electrons. The lowest BCUT2D eigenvalue weighted by Gasteiger charge is -2.05. The molecule has 2 aromatic rings. The van der Waals surface area contributed by atoms with E-state index in [4.69, 9.17) is 5.73 Å². The van der Waals surface area contributed by atoms with E-state index >= 15 is 0 Å². The summed E-state index contributed by atoms with van der Waals surface area (Å²) in [5, 5.41) is 9.24. The van der Waals surface area contributed by atoms with E-state index in [1.807, 2.05) is 0 Å². The van der Waals surface area contributed by atoms with Gasteiger partial charge in [-0.2, -0.15) is 9.97 Å². The van der Waals surface area contributed by atoms with Crippen LogP contribution in [-0.2, 0) is 6.54 Å². The largest absolute Gasteiger partial charge is 0.392 e. The van der Waals surface area contributed by atoms with Gasteiger partial charge in [0.1, 0.15) is 0 Å². The molecule has 15 heavy (non-hydrogen) atoms. The first-order valence-corrected chi connectivity index (χ1v) is 4.47. The van der Waals surface area contributed by atoms with Gasteiger partial charge in [0.2, 0.25) is 11.7 Å². The molecule has 80 valence electrons. The van der Waals surface area contributed by atoms with Crippen molar-refractivity contribution >= 4 is 11.7 Å². The minimum atomic E-state index is -0.521. The van der Waals surface area contributed by atoms with Gasteiger partial charge in [-0.15, -0.1) is 0 Å². The Morgan fingerprint density at radius 1 is 1.53 bits per heavy atom. The van der Waals surface area contributed by atoms with Crippen molar-refractivity contribution in [2.24, 2.45) is 0 Å². The summed E-state index contributed by atoms with van der Waals surface area (Å²) >= 11 is 0. The number of hydrogen-bond acceptors (Lipinski definition) is 5. The SMILES string of the molecule is CC(O)Cn1ccn2c(=O)nc(N)nc12. The first-order valence-electron chi connectivity index (χ1n) is 4.47. The van der Waals surface area contributed by atoms with E-state index in [1.165, 1.54) is 4.40 Å². The van der Waals surface area contributed by atoms with Crippen LogP contribution in [0, 0.1) is 0 Å². The summed E-state index contributed by atoms with van der Waals surface area (Å²) in [6.45, 7) is 2.01. The minimum absolute atomic E-state index is 0.0643. The molecule has 0 amide bonds. The topological polar surface area (TPSA) is 98.4 Å². The van der Waals surface area contributed by atoms with Gasteiger partial charge in [-0.3, -0.25) is 0 Å². The van der Waals surface area contributed by atoms with Crippen LogP contribution >= 0.6 is 0 Å². The van der Waals surface area contributed by atoms with Crippen LogP contribution in [0.15, 0.2) is 17.2 Å². The zero-order chi connectivity index (χ0) is 11.0. The molecule has 0 saturated carbocycles. The third-order valence-corrected chi connectivity index (χ3v) is 1.96. The predicted molar refractivity (Wildman–Crippen MR) is 53.3 cm³/mol. The van der Waals surface area contributed by atoms with Crippen LogP contribution in [0.2, 0.25) is 0 Å². The lowest BCUT2D eigenvalue weighted by molar-refractivity contribution is 0.175. The van der Waals surface area contributed by atoms with Crippen molar-refractivity contribution in [3.8, 4) is 0 Å². The van der Waals surface area contributed by atoms with Crippen molar-refractivity contribution in [2.45, 2.75) is 19.6 Å². The highest BCUT2D eigenvalue weighted by Crippen LogP contribution is 2.01. The fourth-order valence-electron chi connectivity index (χ4n) is 1.39. The molecular formula is C8H11N5O2. The van der Waals surface area contributed by atoms with E-state index in [1.54, 1.807) is 23.9 Å². The highest BCUT2D eigenvalue weighted by molar-refractivity contribution is 5.34. The number of aliphatic hydroxyl groups is 1. The summed E-state index contributed by atoms with van der Waals surface area (Å²) in [4.78, 5) is 18.8. The van der Waals surface area contributed by atoms with Gasteiger partial charge in [0.25, 0.3) is 0 Å². The van der Waals surface area contributed by atoms with E-state index < -0.39 is 11.8 Å². The standard InChI is InChI=1S/C8H11N5O2/c1-5(14)4-12-2-3-13-7(12)10-6(9)11-8(13)15/h2-3,5,14H,4H2,1H3,(H2,9,11,15). The average Bonchev–Trinajstić information content (AvgIpc) is 2.48. The number of aromatic nitrogens is 4. The third kappa shape index (κ3) is 1.68. The molecule has 0 aliphatic carbocycles. The van der Waals surface area contributed by atoms with Crippen LogP contribution in [-0.4, -0.2) is 30.1 Å². The highest BCUT2D eigenvalue weighted by atomic mass is 16.3. The molecule has 3 N–H and O–H groups in total. The van der Waals surface area contributed by atoms with Gasteiger partial charge in [-0.05, 0) is 6.92 Å². The summed E-state index contributed by atoms with van der Waals surface area (Å²) < 4.78 is 2.92. The summed E-state index contributed by atoms with van der Waals surface area (Å²) in [5.41, 5.74) is 4.90. The van der Waals surface area contributed by atoms with Gasteiger partial charge in [0, 0.05) is 12.4 Å². The molecule has 0 saturated heterocycles. The Labute approximate surface area is 84.8 Å². The fourth-order valence-corrected chi connectivity index (χ4v) is 1.39. The monoisotopic (exact) mass is 209 g/mol. The number of imidazole rings is 1. The summed E-state index contributed by atoms with van der Waals surface area (Å²) in [7, 11) is 0. The maximum atomic E-state index is 11.4. The molecule has 1 atom stereocenters. The molecule has 0 aromatic carbocycles. The second kappa shape index (κ2) is 3.35. The molecule has 0 spiro atoms. The molecular weight excluding hydrogens is 198 g/mol. The van der Waals surface area contributed by atoms with Crippen LogP contribution in [0.1, 0.15) is 6.92 Å². The molecule has 1 unspecified atom stereocenters. The van der Waals surface area contributed by atoms with E-state index in [-0.39, 0.29) is 5.95 Å². The normalized spacial score (nSPS) is 13.2. The van der Waals surface area contributed by atoms with E-state index in [0.29, 0.717) is 12.3 Å². The fraction of sp³-hybridized carbons (Fsp3) is 0.375. The van der Waals surface area contributed by atoms with Crippen molar-refractivity contribution in [3.05, 3.63) is 22.9 Å². The third-order valence-electron chi connectivity index (χ3n) is 1.96. The molecule has 2 aromatic heterocycles. The van der Waals surface area contributed by atoms with Crippen LogP contribution in [0.5, 0.6) is 0 Å². The molecule has 0 aliphatic rings. The van der Waals surface area contributed by atoms with Crippen molar-refractivity contribution in [1.29, 1.82) is 0 Å². The van der Waals surface area contributed by atoms with Gasteiger partial charge >= 0.3 is 5.69 Å². The van der Waals surface area contributed by atoms with Gasteiger partial charge in [0.15, 0.2) is 0 Å². The van der Waals surface area contributed by atoms with Gasteiger partial charge in [0.05, 0.1) is 12.6 Å². The lowest BCUT2D eigenvalue weighted by atomic mass is 10.4. The zero-order valence-electron chi connectivity index (χ0n) is 8.16. The first kappa shape index (κ1) is 9.66. The second-order valence-electron chi connectivity index (χ2n) is 3.33. The maximum Gasteiger partial charge on any atom is 0.357 e. The lowest BCUT2D eigenvalue weighted by Crippen LogP contribution is -2.21. The quantitative estimate of drug-likeness (QED) is 0.651. The van der Waals surface area contributed by atoms with Crippen molar-refractivity contribution in [2.75, 3.05) is 5.73 Å². The molecule has 2 heterocycles. The Hall–Kier alpha value is -1.89. The highest BCUT2D eigenvalue weighted by Gasteiger charge is 2.07. The van der Waals surface area contributed by atoms with Crippen molar-refractivity contribution in [3.63, 3.8) is 0 Å². The van der Waals surface area contributed by atoms with Crippen molar-refractivity contribution < 1.29 is 5.11 Å². The van der Waals surface area contributed by atoms with Crippen molar-refractivity contribution in [1.82, 2.24) is 18.9 Å². The number of fused-ring (bicyclic) bond motifs is 1. The average molecular weight is 209 g/mol. The van der Waals surface area contributed by atoms with Crippen LogP contribution in [0.4, 0.5) is 5.95 Å². The van der Waals surface area contributed by atoms with E-state index in [9.17, 15) is 9.90 Å². The van der Waals surface area contributed by atoms with Crippen LogP contribution < -0.4 is 11.4 Å². The Bertz CT molecular complexity index is 541. The van der Waals surface area contributed by atoms with E-state index in [0.717, 1.165) is 0 Å². The van der Waals surface area contributed by atoms with Gasteiger partial charge < -0.3 is 15.4 Å². The predicted octanol–water partition coefficient (Wildman–Crippen LogP) is -1.15. The molecule has 0 aliphatic heterocycles. The number of rotatable bonds is 2. The van der Waals surface area contributed by atoms with Crippen LogP contribution in [0.3, 0.4) is 0 Å². The number of aliphatic hydroxyl groups excluding tert-OH is 1. The van der Waals surface area contributed by atoms with E-state index in [2.05, 4.69) is 9.97 Å². The Morgan fingerprint density at radius 2 is 2.27 bits per heavy atom. The number of nitrogen functional groups attached to an aromatic ring is 1. The smallest absolute Gasteiger partial charge is 0.357 e. The molecule has 0 fully saturated rings. The minimum Gasteiger partial charge on any atom is -0.392 e. The zero-order valence-corrected chi connectivity index (χ0v) is 8.16. The molecule has 7 nitrogen and oxygen atoms in total. The maximum absolute atomic E-state index is 11.4. The van der Waals surface area contributed by atoms with Gasteiger partial charge in [-0.25, -0.2) is 9.20 Å². The Morgan fingerprint density at radius 3 is 2.93 bits per heavy atom. The number of nitrogens with zero attached hydrogens (tertiary/aromatic N) is 4. The number of anilines is 1.